The van der Waals surface area contributed by atoms with Crippen LogP contribution >= 0.6 is 0 Å². The Morgan fingerprint density at radius 3 is 2.62 bits per heavy atom. The zero-order valence-corrected chi connectivity index (χ0v) is 5.59. The predicted octanol–water partition coefficient (Wildman–Crippen LogP) is 0.410. The molecule has 0 aromatic rings. The first-order valence-electron chi connectivity index (χ1n) is 2.86. The first kappa shape index (κ1) is 7.50. The quantitative estimate of drug-likeness (QED) is 0.576. The Morgan fingerprint density at radius 2 is 2.25 bits per heavy atom. The number of rotatable bonds is 3. The Balaban J connectivity index is 3.10. The van der Waals surface area contributed by atoms with E-state index in [1.165, 1.54) is 0 Å². The van der Waals surface area contributed by atoms with Gasteiger partial charge in [-0.25, -0.2) is 0 Å². The van der Waals surface area contributed by atoms with Gasteiger partial charge in [0.2, 0.25) is 0 Å². The molecule has 0 aromatic heterocycles. The molecule has 0 saturated carbocycles. The highest BCUT2D eigenvalue weighted by molar-refractivity contribution is 4.78. The van der Waals surface area contributed by atoms with Gasteiger partial charge in [-0.2, -0.15) is 0 Å². The third-order valence-corrected chi connectivity index (χ3v) is 1.09. The molecule has 0 spiro atoms. The topological polar surface area (TPSA) is 29.3 Å². The van der Waals surface area contributed by atoms with Crippen LogP contribution in [0.1, 0.15) is 6.92 Å². The van der Waals surface area contributed by atoms with Crippen molar-refractivity contribution >= 4 is 0 Å². The monoisotopic (exact) mass is 114 g/mol. The predicted molar refractivity (Wildman–Crippen MR) is 36.5 cm³/mol. The van der Waals surface area contributed by atoms with Crippen LogP contribution in [0.2, 0.25) is 0 Å². The third kappa shape index (κ3) is 3.68. The van der Waals surface area contributed by atoms with Gasteiger partial charge in [-0.3, -0.25) is 0 Å². The van der Waals surface area contributed by atoms with Crippen LogP contribution in [-0.4, -0.2) is 25.0 Å². The number of hydrogen-bond donors (Lipinski definition) is 1. The van der Waals surface area contributed by atoms with E-state index in [1.807, 2.05) is 6.08 Å². The summed E-state index contributed by atoms with van der Waals surface area (Å²) < 4.78 is 0. The van der Waals surface area contributed by atoms with Gasteiger partial charge in [0.05, 0.1) is 0 Å². The van der Waals surface area contributed by atoms with Gasteiger partial charge in [0, 0.05) is 6.54 Å². The summed E-state index contributed by atoms with van der Waals surface area (Å²) in [4.78, 5) is 2.17. The van der Waals surface area contributed by atoms with Crippen LogP contribution in [0.4, 0.5) is 0 Å². The van der Waals surface area contributed by atoms with Crippen LogP contribution in [0.3, 0.4) is 0 Å². The summed E-state index contributed by atoms with van der Waals surface area (Å²) in [5.41, 5.74) is 5.12. The van der Waals surface area contributed by atoms with Crippen molar-refractivity contribution in [1.29, 1.82) is 0 Å². The van der Waals surface area contributed by atoms with E-state index in [4.69, 9.17) is 5.73 Å². The standard InChI is InChI=1S/C6H14N2/c1-3-8(2)6-4-5-7/h4-5H,3,6-7H2,1-2H3/b5-4+. The molecule has 0 fully saturated rings. The molecule has 48 valence electrons. The minimum absolute atomic E-state index is 0.951. The van der Waals surface area contributed by atoms with E-state index >= 15 is 0 Å². The first-order valence-corrected chi connectivity index (χ1v) is 2.86. The molecular formula is C6H14N2. The van der Waals surface area contributed by atoms with Crippen LogP contribution in [-0.2, 0) is 0 Å². The molecule has 0 bridgehead atoms. The van der Waals surface area contributed by atoms with Crippen molar-refractivity contribution in [3.63, 3.8) is 0 Å². The highest BCUT2D eigenvalue weighted by Crippen LogP contribution is 1.78. The van der Waals surface area contributed by atoms with Gasteiger partial charge in [-0.15, -0.1) is 0 Å². The fraction of sp³-hybridized carbons (Fsp3) is 0.667. The molecule has 0 atom stereocenters. The maximum Gasteiger partial charge on any atom is 0.0177 e. The Bertz CT molecular complexity index is 68.9. The number of nitrogens with two attached hydrogens (primary N) is 1. The average Bonchev–Trinajstić information content (AvgIpc) is 1.83. The molecule has 0 aliphatic carbocycles. The van der Waals surface area contributed by atoms with Gasteiger partial charge in [0.25, 0.3) is 0 Å². The van der Waals surface area contributed by atoms with E-state index in [-0.39, 0.29) is 0 Å². The van der Waals surface area contributed by atoms with E-state index in [0.29, 0.717) is 0 Å². The molecular weight excluding hydrogens is 100 g/mol. The zero-order chi connectivity index (χ0) is 6.41. The van der Waals surface area contributed by atoms with E-state index in [9.17, 15) is 0 Å². The van der Waals surface area contributed by atoms with Crippen molar-refractivity contribution in [3.8, 4) is 0 Å². The van der Waals surface area contributed by atoms with Crippen molar-refractivity contribution in [3.05, 3.63) is 12.3 Å². The fourth-order valence-electron chi connectivity index (χ4n) is 0.370. The van der Waals surface area contributed by atoms with E-state index in [0.717, 1.165) is 13.1 Å². The highest BCUT2D eigenvalue weighted by atomic mass is 15.1. The first-order chi connectivity index (χ1) is 3.81. The molecule has 0 saturated heterocycles. The van der Waals surface area contributed by atoms with Crippen LogP contribution < -0.4 is 5.73 Å². The summed E-state index contributed by atoms with van der Waals surface area (Å²) >= 11 is 0. The van der Waals surface area contributed by atoms with Crippen molar-refractivity contribution in [2.24, 2.45) is 5.73 Å². The Labute approximate surface area is 51.0 Å². The smallest absolute Gasteiger partial charge is 0.0177 e. The van der Waals surface area contributed by atoms with Crippen molar-refractivity contribution in [2.45, 2.75) is 6.92 Å². The van der Waals surface area contributed by atoms with Crippen LogP contribution in [0.15, 0.2) is 12.3 Å². The minimum atomic E-state index is 0.951. The normalized spacial score (nSPS) is 11.4. The van der Waals surface area contributed by atoms with Gasteiger partial charge in [-0.05, 0) is 19.8 Å². The lowest BCUT2D eigenvalue weighted by Crippen LogP contribution is -2.17. The Hall–Kier alpha value is -0.500. The van der Waals surface area contributed by atoms with Gasteiger partial charge in [-0.1, -0.05) is 13.0 Å². The van der Waals surface area contributed by atoms with Crippen molar-refractivity contribution < 1.29 is 0 Å². The SMILES string of the molecule is CCN(C)C/C=C/N. The number of likely N-dealkylation sites (N-methyl/N-ethyl adjacent to an activating group) is 1. The molecule has 0 aliphatic heterocycles. The Morgan fingerprint density at radius 1 is 1.62 bits per heavy atom. The second kappa shape index (κ2) is 4.65. The second-order valence-corrected chi connectivity index (χ2v) is 1.78. The lowest BCUT2D eigenvalue weighted by atomic mass is 10.5. The van der Waals surface area contributed by atoms with Crippen LogP contribution in [0.5, 0.6) is 0 Å². The number of hydrogen-bond acceptors (Lipinski definition) is 2. The summed E-state index contributed by atoms with van der Waals surface area (Å²) in [5, 5.41) is 0. The lowest BCUT2D eigenvalue weighted by Gasteiger charge is -2.08. The van der Waals surface area contributed by atoms with E-state index in [1.54, 1.807) is 6.20 Å². The molecule has 0 radical (unpaired) electrons. The fourth-order valence-corrected chi connectivity index (χ4v) is 0.370. The van der Waals surface area contributed by atoms with Crippen LogP contribution in [0.25, 0.3) is 0 Å². The molecule has 2 N–H and O–H groups in total. The van der Waals surface area contributed by atoms with Gasteiger partial charge in [0.1, 0.15) is 0 Å². The largest absolute Gasteiger partial charge is 0.405 e. The third-order valence-electron chi connectivity index (χ3n) is 1.09. The molecule has 0 amide bonds. The molecule has 0 unspecified atom stereocenters. The molecule has 0 aromatic carbocycles. The Kier molecular flexibility index (Phi) is 4.36. The minimum Gasteiger partial charge on any atom is -0.405 e. The average molecular weight is 114 g/mol. The summed E-state index contributed by atoms with van der Waals surface area (Å²) in [6.45, 7) is 4.14. The van der Waals surface area contributed by atoms with Gasteiger partial charge < -0.3 is 10.6 Å². The van der Waals surface area contributed by atoms with Crippen LogP contribution in [0, 0.1) is 0 Å². The zero-order valence-electron chi connectivity index (χ0n) is 5.59. The highest BCUT2D eigenvalue weighted by Gasteiger charge is 1.85. The number of nitrogens with zero attached hydrogens (tertiary/aromatic N) is 1. The summed E-state index contributed by atoms with van der Waals surface area (Å²) in [7, 11) is 2.06. The summed E-state index contributed by atoms with van der Waals surface area (Å²) in [6, 6.07) is 0. The maximum atomic E-state index is 5.12. The summed E-state index contributed by atoms with van der Waals surface area (Å²) in [6.07, 6.45) is 3.51. The van der Waals surface area contributed by atoms with Crippen molar-refractivity contribution in [2.75, 3.05) is 20.1 Å². The molecule has 2 heteroatoms. The molecule has 2 nitrogen and oxygen atoms in total. The molecule has 0 heterocycles. The lowest BCUT2D eigenvalue weighted by molar-refractivity contribution is 0.392. The molecule has 8 heavy (non-hydrogen) atoms. The van der Waals surface area contributed by atoms with E-state index in [2.05, 4.69) is 18.9 Å². The maximum absolute atomic E-state index is 5.12. The van der Waals surface area contributed by atoms with E-state index < -0.39 is 0 Å². The second-order valence-electron chi connectivity index (χ2n) is 1.78. The van der Waals surface area contributed by atoms with Gasteiger partial charge >= 0.3 is 0 Å². The van der Waals surface area contributed by atoms with Gasteiger partial charge in [0.15, 0.2) is 0 Å². The summed E-state index contributed by atoms with van der Waals surface area (Å²) in [5.74, 6) is 0. The molecule has 0 aliphatic rings. The molecule has 0 rings (SSSR count). The van der Waals surface area contributed by atoms with Crippen molar-refractivity contribution in [1.82, 2.24) is 4.90 Å².